The van der Waals surface area contributed by atoms with E-state index in [2.05, 4.69) is 21.3 Å². The highest BCUT2D eigenvalue weighted by molar-refractivity contribution is 7.99. The van der Waals surface area contributed by atoms with Crippen molar-refractivity contribution in [3.8, 4) is 34.6 Å². The molecule has 0 spiro atoms. The van der Waals surface area contributed by atoms with E-state index in [9.17, 15) is 10.1 Å². The lowest BCUT2D eigenvalue weighted by molar-refractivity contribution is -0.139. The fourth-order valence-electron chi connectivity index (χ4n) is 4.19. The Bertz CT molecular complexity index is 1480. The number of carbonyl (C=O) groups is 1. The molecular formula is C28H27N5O6S. The molecule has 11 nitrogen and oxygen atoms in total. The number of nitrogens with two attached hydrogens (primary N) is 1. The van der Waals surface area contributed by atoms with Gasteiger partial charge in [0, 0.05) is 5.56 Å². The Hall–Kier alpha value is -4.76. The number of methoxy groups -OCH3 is 3. The van der Waals surface area contributed by atoms with Crippen LogP contribution in [0.2, 0.25) is 0 Å². The standard InChI is InChI=1S/C28H27N5O6S/c1-5-38-27(34)24-22(15-40-28-32-19(14-31-33-28)16-9-7-6-8-10-16)39-26(30)18(13-29)23(24)17-11-20(35-2)25(37-4)21(12-17)36-3/h6-12,14,23H,5,15,30H2,1-4H3. The molecular weight excluding hydrogens is 534 g/mol. The zero-order valence-electron chi connectivity index (χ0n) is 22.3. The highest BCUT2D eigenvalue weighted by Crippen LogP contribution is 2.46. The molecule has 4 rings (SSSR count). The van der Waals surface area contributed by atoms with Crippen LogP contribution < -0.4 is 19.9 Å². The van der Waals surface area contributed by atoms with Gasteiger partial charge in [0.2, 0.25) is 16.8 Å². The summed E-state index contributed by atoms with van der Waals surface area (Å²) in [5.41, 5.74) is 8.39. The summed E-state index contributed by atoms with van der Waals surface area (Å²) < 4.78 is 27.7. The van der Waals surface area contributed by atoms with Crippen LogP contribution in [0.15, 0.2) is 76.6 Å². The lowest BCUT2D eigenvalue weighted by atomic mass is 9.82. The van der Waals surface area contributed by atoms with Gasteiger partial charge in [0.25, 0.3) is 0 Å². The molecule has 2 N–H and O–H groups in total. The van der Waals surface area contributed by atoms with E-state index >= 15 is 0 Å². The van der Waals surface area contributed by atoms with Gasteiger partial charge in [-0.05, 0) is 24.6 Å². The Balaban J connectivity index is 1.79. The number of rotatable bonds is 10. The van der Waals surface area contributed by atoms with Crippen LogP contribution in [0.25, 0.3) is 11.3 Å². The maximum atomic E-state index is 13.4. The average Bonchev–Trinajstić information content (AvgIpc) is 2.99. The van der Waals surface area contributed by atoms with E-state index in [1.165, 1.54) is 33.1 Å². The van der Waals surface area contributed by atoms with Gasteiger partial charge >= 0.3 is 5.97 Å². The first-order chi connectivity index (χ1) is 19.4. The first-order valence-electron chi connectivity index (χ1n) is 12.1. The molecule has 0 saturated carbocycles. The topological polar surface area (TPSA) is 152 Å². The van der Waals surface area contributed by atoms with Gasteiger partial charge in [-0.25, -0.2) is 9.78 Å². The molecule has 0 fully saturated rings. The number of thioether (sulfide) groups is 1. The number of esters is 1. The van der Waals surface area contributed by atoms with Gasteiger partial charge in [-0.1, -0.05) is 42.1 Å². The van der Waals surface area contributed by atoms with Crippen LogP contribution in [0.5, 0.6) is 17.2 Å². The van der Waals surface area contributed by atoms with Crippen molar-refractivity contribution in [1.82, 2.24) is 15.2 Å². The molecule has 0 radical (unpaired) electrons. The summed E-state index contributed by atoms with van der Waals surface area (Å²) in [4.78, 5) is 17.9. The molecule has 0 saturated heterocycles. The minimum Gasteiger partial charge on any atom is -0.493 e. The number of ether oxygens (including phenoxy) is 5. The van der Waals surface area contributed by atoms with Crippen molar-refractivity contribution in [2.24, 2.45) is 5.73 Å². The highest BCUT2D eigenvalue weighted by atomic mass is 32.2. The number of carbonyl (C=O) groups excluding carboxylic acids is 1. The van der Waals surface area contributed by atoms with Crippen molar-refractivity contribution < 1.29 is 28.5 Å². The Labute approximate surface area is 235 Å². The van der Waals surface area contributed by atoms with Crippen LogP contribution in [0.4, 0.5) is 0 Å². The zero-order chi connectivity index (χ0) is 28.6. The summed E-state index contributed by atoms with van der Waals surface area (Å²) in [6.07, 6.45) is 1.57. The van der Waals surface area contributed by atoms with Gasteiger partial charge in [0.1, 0.15) is 17.4 Å². The Morgan fingerprint density at radius 3 is 2.42 bits per heavy atom. The van der Waals surface area contributed by atoms with Gasteiger partial charge < -0.3 is 29.4 Å². The summed E-state index contributed by atoms with van der Waals surface area (Å²) in [7, 11) is 4.43. The van der Waals surface area contributed by atoms with E-state index in [1.54, 1.807) is 25.3 Å². The molecule has 40 heavy (non-hydrogen) atoms. The van der Waals surface area contributed by atoms with Gasteiger partial charge in [-0.3, -0.25) is 0 Å². The van der Waals surface area contributed by atoms with E-state index < -0.39 is 11.9 Å². The van der Waals surface area contributed by atoms with E-state index in [0.717, 1.165) is 5.56 Å². The SMILES string of the molecule is CCOC(=O)C1=C(CSc2nncc(-c3ccccc3)n2)OC(N)=C(C#N)C1c1cc(OC)c(OC)c(OC)c1. The largest absolute Gasteiger partial charge is 0.493 e. The second-order valence-electron chi connectivity index (χ2n) is 8.22. The van der Waals surface area contributed by atoms with Crippen molar-refractivity contribution in [1.29, 1.82) is 5.26 Å². The van der Waals surface area contributed by atoms with Gasteiger partial charge in [0.05, 0.1) is 57.1 Å². The van der Waals surface area contributed by atoms with Crippen LogP contribution in [0, 0.1) is 11.3 Å². The summed E-state index contributed by atoms with van der Waals surface area (Å²) >= 11 is 1.20. The maximum Gasteiger partial charge on any atom is 0.338 e. The fourth-order valence-corrected chi connectivity index (χ4v) is 4.93. The Morgan fingerprint density at radius 1 is 1.12 bits per heavy atom. The Morgan fingerprint density at radius 2 is 1.82 bits per heavy atom. The quantitative estimate of drug-likeness (QED) is 0.281. The second kappa shape index (κ2) is 12.9. The second-order valence-corrected chi connectivity index (χ2v) is 9.16. The summed E-state index contributed by atoms with van der Waals surface area (Å²) in [5.74, 6) is -0.378. The summed E-state index contributed by atoms with van der Waals surface area (Å²) in [6.45, 7) is 1.80. The molecule has 206 valence electrons. The van der Waals surface area contributed by atoms with Gasteiger partial charge in [-0.15, -0.1) is 5.10 Å². The minimum absolute atomic E-state index is 0.0371. The molecule has 3 aromatic rings. The number of hydrogen-bond acceptors (Lipinski definition) is 12. The van der Waals surface area contributed by atoms with Crippen molar-refractivity contribution in [2.75, 3.05) is 33.7 Å². The molecule has 1 aliphatic heterocycles. The molecule has 1 aliphatic rings. The van der Waals surface area contributed by atoms with Gasteiger partial charge in [0.15, 0.2) is 11.5 Å². The van der Waals surface area contributed by atoms with Crippen LogP contribution >= 0.6 is 11.8 Å². The van der Waals surface area contributed by atoms with Crippen molar-refractivity contribution in [2.45, 2.75) is 18.0 Å². The maximum absolute atomic E-state index is 13.4. The number of aromatic nitrogens is 3. The van der Waals surface area contributed by atoms with Crippen LogP contribution in [0.1, 0.15) is 18.4 Å². The lowest BCUT2D eigenvalue weighted by Gasteiger charge is -2.28. The molecule has 1 atom stereocenters. The number of benzene rings is 2. The Kier molecular flexibility index (Phi) is 9.08. The molecule has 0 bridgehead atoms. The van der Waals surface area contributed by atoms with Crippen LogP contribution in [-0.4, -0.2) is 54.8 Å². The molecule has 12 heteroatoms. The van der Waals surface area contributed by atoms with Crippen molar-refractivity contribution >= 4 is 17.7 Å². The number of allylic oxidation sites excluding steroid dienone is 1. The molecule has 2 heterocycles. The summed E-state index contributed by atoms with van der Waals surface area (Å²) in [6, 6.07) is 15.0. The third kappa shape index (κ3) is 5.79. The fraction of sp³-hybridized carbons (Fsp3) is 0.250. The molecule has 1 unspecified atom stereocenters. The first kappa shape index (κ1) is 28.3. The highest BCUT2D eigenvalue weighted by Gasteiger charge is 2.38. The minimum atomic E-state index is -0.934. The van der Waals surface area contributed by atoms with E-state index in [0.29, 0.717) is 33.7 Å². The molecule has 0 aliphatic carbocycles. The van der Waals surface area contributed by atoms with Crippen LogP contribution in [-0.2, 0) is 14.3 Å². The molecule has 2 aromatic carbocycles. The molecule has 0 amide bonds. The van der Waals surface area contributed by atoms with Gasteiger partial charge in [-0.2, -0.15) is 10.4 Å². The smallest absolute Gasteiger partial charge is 0.338 e. The lowest BCUT2D eigenvalue weighted by Crippen LogP contribution is -2.27. The van der Waals surface area contributed by atoms with E-state index in [-0.39, 0.29) is 35.1 Å². The van der Waals surface area contributed by atoms with E-state index in [1.807, 2.05) is 30.3 Å². The predicted molar refractivity (Wildman–Crippen MR) is 146 cm³/mol. The number of nitriles is 1. The van der Waals surface area contributed by atoms with Crippen molar-refractivity contribution in [3.05, 3.63) is 77.0 Å². The predicted octanol–water partition coefficient (Wildman–Crippen LogP) is 3.98. The van der Waals surface area contributed by atoms with Crippen molar-refractivity contribution in [3.63, 3.8) is 0 Å². The van der Waals surface area contributed by atoms with E-state index in [4.69, 9.17) is 29.4 Å². The zero-order valence-corrected chi connectivity index (χ0v) is 23.2. The third-order valence-electron chi connectivity index (χ3n) is 5.95. The summed E-state index contributed by atoms with van der Waals surface area (Å²) in [5, 5.41) is 18.6. The number of nitrogens with zero attached hydrogens (tertiary/aromatic N) is 4. The monoisotopic (exact) mass is 561 g/mol. The number of hydrogen-bond donors (Lipinski definition) is 1. The average molecular weight is 562 g/mol. The third-order valence-corrected chi connectivity index (χ3v) is 6.79. The molecule has 1 aromatic heterocycles. The normalized spacial score (nSPS) is 14.7. The first-order valence-corrected chi connectivity index (χ1v) is 13.1. The van der Waals surface area contributed by atoms with Crippen LogP contribution in [0.3, 0.4) is 0 Å².